The Hall–Kier alpha value is -2.17. The normalized spacial score (nSPS) is 11.3. The van der Waals surface area contributed by atoms with Gasteiger partial charge in [-0.3, -0.25) is 0 Å². The summed E-state index contributed by atoms with van der Waals surface area (Å²) in [6, 6.07) is 9.51. The molecule has 106 valence electrons. The molecule has 2 aromatic rings. The van der Waals surface area contributed by atoms with Crippen LogP contribution in [0.4, 0.5) is 0 Å². The van der Waals surface area contributed by atoms with Gasteiger partial charge in [-0.1, -0.05) is 44.2 Å². The summed E-state index contributed by atoms with van der Waals surface area (Å²) in [5.74, 6) is -0.434. The van der Waals surface area contributed by atoms with Crippen molar-refractivity contribution in [1.29, 1.82) is 0 Å². The summed E-state index contributed by atoms with van der Waals surface area (Å²) >= 11 is 0. The van der Waals surface area contributed by atoms with Gasteiger partial charge < -0.3 is 4.74 Å². The minimum atomic E-state index is -0.434. The first-order valence-corrected chi connectivity index (χ1v) is 6.61. The number of hydrogen-bond acceptors (Lipinski definition) is 4. The van der Waals surface area contributed by atoms with Crippen molar-refractivity contribution in [2.75, 3.05) is 6.61 Å². The van der Waals surface area contributed by atoms with Crippen molar-refractivity contribution in [3.63, 3.8) is 0 Å². The Morgan fingerprint density at radius 2 is 1.95 bits per heavy atom. The molecule has 1 heterocycles. The molecule has 1 aromatic carbocycles. The Labute approximate surface area is 118 Å². The molecule has 0 aliphatic heterocycles. The molecule has 0 unspecified atom stereocenters. The lowest BCUT2D eigenvalue weighted by Gasteiger charge is -2.17. The predicted molar refractivity (Wildman–Crippen MR) is 75.7 cm³/mol. The van der Waals surface area contributed by atoms with Crippen LogP contribution in [0.5, 0.6) is 0 Å². The van der Waals surface area contributed by atoms with Crippen LogP contribution in [0.1, 0.15) is 37.7 Å². The molecule has 0 aliphatic rings. The Kier molecular flexibility index (Phi) is 4.17. The number of esters is 1. The van der Waals surface area contributed by atoms with E-state index in [1.54, 1.807) is 10.9 Å². The monoisotopic (exact) mass is 273 g/mol. The molecule has 0 saturated heterocycles. The predicted octanol–water partition coefficient (Wildman–Crippen LogP) is 2.86. The number of ether oxygens (including phenoxy) is 1. The van der Waals surface area contributed by atoms with E-state index in [0.717, 1.165) is 12.1 Å². The van der Waals surface area contributed by atoms with E-state index >= 15 is 0 Å². The van der Waals surface area contributed by atoms with Crippen LogP contribution in [0.3, 0.4) is 0 Å². The molecular weight excluding hydrogens is 254 g/mol. The number of aromatic nitrogens is 3. The van der Waals surface area contributed by atoms with E-state index in [9.17, 15) is 4.79 Å². The third-order valence-corrected chi connectivity index (χ3v) is 2.81. The first-order chi connectivity index (χ1) is 9.46. The second-order valence-corrected chi connectivity index (χ2v) is 5.83. The molecule has 0 aliphatic carbocycles. The van der Waals surface area contributed by atoms with Crippen molar-refractivity contribution < 1.29 is 9.53 Å². The fourth-order valence-electron chi connectivity index (χ4n) is 1.59. The molecule has 1 aromatic heterocycles. The van der Waals surface area contributed by atoms with Crippen molar-refractivity contribution in [3.05, 3.63) is 42.2 Å². The van der Waals surface area contributed by atoms with Gasteiger partial charge in [-0.25, -0.2) is 9.48 Å². The molecule has 20 heavy (non-hydrogen) atoms. The Morgan fingerprint density at radius 1 is 1.25 bits per heavy atom. The summed E-state index contributed by atoms with van der Waals surface area (Å²) in [5, 5.41) is 7.78. The zero-order valence-corrected chi connectivity index (χ0v) is 12.0. The van der Waals surface area contributed by atoms with Gasteiger partial charge in [0.1, 0.15) is 0 Å². The van der Waals surface area contributed by atoms with Gasteiger partial charge in [-0.05, 0) is 24.0 Å². The number of benzene rings is 1. The zero-order valence-electron chi connectivity index (χ0n) is 12.0. The minimum absolute atomic E-state index is 0.141. The summed E-state index contributed by atoms with van der Waals surface area (Å²) in [6.07, 6.45) is 2.39. The smallest absolute Gasteiger partial charge is 0.360 e. The van der Waals surface area contributed by atoms with Crippen molar-refractivity contribution in [2.45, 2.75) is 27.2 Å². The SMILES string of the molecule is CC(C)(C)CCOC(=O)c1cn(-c2ccccc2)nn1. The standard InChI is InChI=1S/C15H19N3O2/c1-15(2,3)9-10-20-14(19)13-11-18(17-16-13)12-7-5-4-6-8-12/h4-8,11H,9-10H2,1-3H3. The highest BCUT2D eigenvalue weighted by Crippen LogP contribution is 2.18. The molecule has 0 amide bonds. The van der Waals surface area contributed by atoms with Crippen LogP contribution in [-0.2, 0) is 4.74 Å². The number of nitrogens with zero attached hydrogens (tertiary/aromatic N) is 3. The van der Waals surface area contributed by atoms with E-state index < -0.39 is 5.97 Å². The quantitative estimate of drug-likeness (QED) is 0.804. The molecule has 0 saturated carbocycles. The lowest BCUT2D eigenvalue weighted by Crippen LogP contribution is -2.13. The van der Waals surface area contributed by atoms with Crippen LogP contribution in [0.2, 0.25) is 0 Å². The number of rotatable bonds is 4. The van der Waals surface area contributed by atoms with E-state index in [2.05, 4.69) is 31.1 Å². The van der Waals surface area contributed by atoms with E-state index in [4.69, 9.17) is 4.74 Å². The third kappa shape index (κ3) is 3.91. The van der Waals surface area contributed by atoms with Gasteiger partial charge in [0.2, 0.25) is 0 Å². The van der Waals surface area contributed by atoms with Crippen LogP contribution in [-0.4, -0.2) is 27.6 Å². The van der Waals surface area contributed by atoms with Crippen molar-refractivity contribution in [3.8, 4) is 5.69 Å². The van der Waals surface area contributed by atoms with Gasteiger partial charge in [0.15, 0.2) is 5.69 Å². The molecule has 0 N–H and O–H groups in total. The van der Waals surface area contributed by atoms with Crippen molar-refractivity contribution in [2.24, 2.45) is 5.41 Å². The van der Waals surface area contributed by atoms with Gasteiger partial charge in [0.25, 0.3) is 0 Å². The Morgan fingerprint density at radius 3 is 2.60 bits per heavy atom. The summed E-state index contributed by atoms with van der Waals surface area (Å²) in [5.41, 5.74) is 1.22. The molecule has 0 fully saturated rings. The second-order valence-electron chi connectivity index (χ2n) is 5.83. The zero-order chi connectivity index (χ0) is 14.6. The van der Waals surface area contributed by atoms with E-state index in [-0.39, 0.29) is 11.1 Å². The average molecular weight is 273 g/mol. The van der Waals surface area contributed by atoms with E-state index in [1.807, 2.05) is 30.3 Å². The maximum absolute atomic E-state index is 11.8. The average Bonchev–Trinajstić information content (AvgIpc) is 2.88. The van der Waals surface area contributed by atoms with E-state index in [1.165, 1.54) is 0 Å². The summed E-state index contributed by atoms with van der Waals surface area (Å²) < 4.78 is 6.75. The maximum Gasteiger partial charge on any atom is 0.360 e. The Bertz CT molecular complexity index is 570. The topological polar surface area (TPSA) is 57.0 Å². The van der Waals surface area contributed by atoms with Gasteiger partial charge in [-0.2, -0.15) is 0 Å². The van der Waals surface area contributed by atoms with Gasteiger partial charge in [-0.15, -0.1) is 5.10 Å². The first kappa shape index (κ1) is 14.2. The van der Waals surface area contributed by atoms with Crippen molar-refractivity contribution in [1.82, 2.24) is 15.0 Å². The second kappa shape index (κ2) is 5.86. The Balaban J connectivity index is 1.97. The van der Waals surface area contributed by atoms with Crippen LogP contribution < -0.4 is 0 Å². The minimum Gasteiger partial charge on any atom is -0.461 e. The number of para-hydroxylation sites is 1. The molecule has 5 nitrogen and oxygen atoms in total. The highest BCUT2D eigenvalue weighted by atomic mass is 16.5. The fourth-order valence-corrected chi connectivity index (χ4v) is 1.59. The fraction of sp³-hybridized carbons (Fsp3) is 0.400. The molecule has 0 atom stereocenters. The van der Waals surface area contributed by atoms with Gasteiger partial charge in [0.05, 0.1) is 18.5 Å². The number of hydrogen-bond donors (Lipinski definition) is 0. The summed E-state index contributed by atoms with van der Waals surface area (Å²) in [7, 11) is 0. The molecule has 0 radical (unpaired) electrons. The molecule has 0 spiro atoms. The first-order valence-electron chi connectivity index (χ1n) is 6.61. The molecule has 0 bridgehead atoms. The lowest BCUT2D eigenvalue weighted by molar-refractivity contribution is 0.0458. The highest BCUT2D eigenvalue weighted by molar-refractivity contribution is 5.86. The number of carbonyl (C=O) groups is 1. The largest absolute Gasteiger partial charge is 0.461 e. The maximum atomic E-state index is 11.8. The molecular formula is C15H19N3O2. The highest BCUT2D eigenvalue weighted by Gasteiger charge is 2.15. The molecule has 2 rings (SSSR count). The van der Waals surface area contributed by atoms with Crippen molar-refractivity contribution >= 4 is 5.97 Å². The summed E-state index contributed by atoms with van der Waals surface area (Å²) in [4.78, 5) is 11.8. The summed E-state index contributed by atoms with van der Waals surface area (Å²) in [6.45, 7) is 6.70. The third-order valence-electron chi connectivity index (χ3n) is 2.81. The molecule has 5 heteroatoms. The van der Waals surface area contributed by atoms with Crippen LogP contribution in [0, 0.1) is 5.41 Å². The van der Waals surface area contributed by atoms with Gasteiger partial charge >= 0.3 is 5.97 Å². The number of carbonyl (C=O) groups excluding carboxylic acids is 1. The van der Waals surface area contributed by atoms with Crippen LogP contribution in [0.15, 0.2) is 36.5 Å². The van der Waals surface area contributed by atoms with Crippen LogP contribution >= 0.6 is 0 Å². The van der Waals surface area contributed by atoms with Crippen LogP contribution in [0.25, 0.3) is 5.69 Å². The van der Waals surface area contributed by atoms with E-state index in [0.29, 0.717) is 6.61 Å². The lowest BCUT2D eigenvalue weighted by atomic mass is 9.93. The van der Waals surface area contributed by atoms with Gasteiger partial charge in [0, 0.05) is 0 Å².